The molecule has 124 valence electrons. The fourth-order valence-electron chi connectivity index (χ4n) is 2.23. The molecule has 0 amide bonds. The number of rotatable bonds is 5. The molecule has 1 aliphatic rings. The monoisotopic (exact) mass is 332 g/mol. The third-order valence-corrected chi connectivity index (χ3v) is 3.34. The molecule has 0 bridgehead atoms. The predicted molar refractivity (Wildman–Crippen MR) is 68.1 cm³/mol. The molecule has 1 saturated heterocycles. The van der Waals surface area contributed by atoms with Crippen molar-refractivity contribution in [3.8, 4) is 5.75 Å². The van der Waals surface area contributed by atoms with Crippen molar-refractivity contribution in [3.63, 3.8) is 0 Å². The molecule has 3 N–H and O–H groups in total. The number of benzene rings is 1. The van der Waals surface area contributed by atoms with Crippen LogP contribution in [0.3, 0.4) is 0 Å². The Kier molecular flexibility index (Phi) is 4.14. The molecule has 1 aromatic carbocycles. The van der Waals surface area contributed by atoms with Crippen LogP contribution in [0.25, 0.3) is 0 Å². The summed E-state index contributed by atoms with van der Waals surface area (Å²) in [5, 5.41) is 31.4. The Morgan fingerprint density at radius 1 is 1.39 bits per heavy atom. The van der Waals surface area contributed by atoms with Crippen LogP contribution in [0.4, 0.5) is 14.5 Å². The van der Waals surface area contributed by atoms with E-state index in [0.29, 0.717) is 6.07 Å². The van der Waals surface area contributed by atoms with E-state index in [1.807, 2.05) is 0 Å². The minimum atomic E-state index is -2.20. The van der Waals surface area contributed by atoms with E-state index in [4.69, 9.17) is 9.84 Å². The smallest absolute Gasteiger partial charge is 0.349 e. The highest BCUT2D eigenvalue weighted by Crippen LogP contribution is 2.36. The summed E-state index contributed by atoms with van der Waals surface area (Å²) in [7, 11) is 0. The number of nitrogens with one attached hydrogen (secondary N) is 1. The Bertz CT molecular complexity index is 696. The van der Waals surface area contributed by atoms with Crippen molar-refractivity contribution in [2.75, 3.05) is 6.54 Å². The highest BCUT2D eigenvalue weighted by Gasteiger charge is 2.51. The van der Waals surface area contributed by atoms with E-state index in [9.17, 15) is 33.6 Å². The van der Waals surface area contributed by atoms with E-state index < -0.39 is 64.5 Å². The zero-order chi connectivity index (χ0) is 17.4. The molecule has 0 saturated carbocycles. The van der Waals surface area contributed by atoms with Crippen molar-refractivity contribution in [2.45, 2.75) is 18.1 Å². The van der Waals surface area contributed by atoms with Gasteiger partial charge in [0.1, 0.15) is 11.9 Å². The normalized spacial score (nSPS) is 23.5. The number of carboxylic acids is 2. The number of nitro groups is 1. The summed E-state index contributed by atoms with van der Waals surface area (Å²) in [6.07, 6.45) is -0.576. The molecule has 1 aromatic rings. The van der Waals surface area contributed by atoms with Gasteiger partial charge >= 0.3 is 17.6 Å². The molecule has 2 atom stereocenters. The van der Waals surface area contributed by atoms with Crippen LogP contribution in [-0.2, 0) is 9.59 Å². The predicted octanol–water partition coefficient (Wildman–Crippen LogP) is 0.522. The Balaban J connectivity index is 2.45. The van der Waals surface area contributed by atoms with Gasteiger partial charge in [-0.3, -0.25) is 20.2 Å². The van der Waals surface area contributed by atoms with Gasteiger partial charge in [-0.25, -0.2) is 9.18 Å². The van der Waals surface area contributed by atoms with Crippen LogP contribution in [0.5, 0.6) is 5.75 Å². The summed E-state index contributed by atoms with van der Waals surface area (Å²) < 4.78 is 31.8. The van der Waals surface area contributed by atoms with Crippen molar-refractivity contribution >= 4 is 17.6 Å². The molecular weight excluding hydrogens is 322 g/mol. The number of hydrogen-bond acceptors (Lipinski definition) is 6. The lowest BCUT2D eigenvalue weighted by atomic mass is 10.00. The van der Waals surface area contributed by atoms with Gasteiger partial charge in [0, 0.05) is 25.1 Å². The first-order valence-corrected chi connectivity index (χ1v) is 6.18. The number of nitrogens with zero attached hydrogens (tertiary/aromatic N) is 1. The van der Waals surface area contributed by atoms with E-state index in [1.165, 1.54) is 0 Å². The maximum absolute atomic E-state index is 13.5. The van der Waals surface area contributed by atoms with Crippen LogP contribution in [0.2, 0.25) is 0 Å². The third-order valence-electron chi connectivity index (χ3n) is 3.34. The Morgan fingerprint density at radius 2 is 2.04 bits per heavy atom. The molecule has 0 spiro atoms. The summed E-state index contributed by atoms with van der Waals surface area (Å²) in [6.45, 7) is -0.505. The number of aliphatic carboxylic acids is 2. The zero-order valence-electron chi connectivity index (χ0n) is 11.3. The van der Waals surface area contributed by atoms with Crippen LogP contribution in [-0.4, -0.2) is 45.3 Å². The fourth-order valence-corrected chi connectivity index (χ4v) is 2.23. The quantitative estimate of drug-likeness (QED) is 0.524. The molecule has 2 rings (SSSR count). The van der Waals surface area contributed by atoms with E-state index in [2.05, 4.69) is 5.32 Å². The lowest BCUT2D eigenvalue weighted by Crippen LogP contribution is -2.46. The Morgan fingerprint density at radius 3 is 2.52 bits per heavy atom. The number of nitro benzene ring substituents is 1. The minimum Gasteiger partial charge on any atom is -0.480 e. The van der Waals surface area contributed by atoms with Crippen LogP contribution >= 0.6 is 0 Å². The summed E-state index contributed by atoms with van der Waals surface area (Å²) in [5.74, 6) is -6.64. The average molecular weight is 332 g/mol. The van der Waals surface area contributed by atoms with Crippen molar-refractivity contribution in [3.05, 3.63) is 33.9 Å². The van der Waals surface area contributed by atoms with Gasteiger partial charge in [-0.1, -0.05) is 0 Å². The fraction of sp³-hybridized carbons (Fsp3) is 0.333. The average Bonchev–Trinajstić information content (AvgIpc) is 2.83. The van der Waals surface area contributed by atoms with Crippen LogP contribution < -0.4 is 10.1 Å². The van der Waals surface area contributed by atoms with E-state index in [0.717, 1.165) is 0 Å². The highest BCUT2D eigenvalue weighted by atomic mass is 19.1. The van der Waals surface area contributed by atoms with Crippen molar-refractivity contribution in [1.29, 1.82) is 0 Å². The second kappa shape index (κ2) is 5.76. The number of carbonyl (C=O) groups is 2. The summed E-state index contributed by atoms with van der Waals surface area (Å²) >= 11 is 0. The van der Waals surface area contributed by atoms with Crippen LogP contribution in [0.1, 0.15) is 6.42 Å². The van der Waals surface area contributed by atoms with Gasteiger partial charge in [-0.2, -0.15) is 4.39 Å². The van der Waals surface area contributed by atoms with Crippen LogP contribution in [0.15, 0.2) is 12.1 Å². The van der Waals surface area contributed by atoms with Gasteiger partial charge in [0.2, 0.25) is 17.2 Å². The minimum absolute atomic E-state index is 0.255. The Labute approximate surface area is 126 Å². The number of halogens is 2. The van der Waals surface area contributed by atoms with Gasteiger partial charge in [0.15, 0.2) is 0 Å². The molecule has 1 heterocycles. The lowest BCUT2D eigenvalue weighted by Gasteiger charge is -2.24. The van der Waals surface area contributed by atoms with Gasteiger partial charge < -0.3 is 14.9 Å². The molecular formula is C12H10F2N2O7. The zero-order valence-corrected chi connectivity index (χ0v) is 11.3. The SMILES string of the molecule is O=C(O)C1CC(Oc2cc(F)cc(F)c2[N+](=O)[O-])(C(=O)O)CN1. The van der Waals surface area contributed by atoms with Crippen molar-refractivity contribution in [2.24, 2.45) is 0 Å². The molecule has 1 aliphatic heterocycles. The van der Waals surface area contributed by atoms with E-state index >= 15 is 0 Å². The molecule has 1 fully saturated rings. The molecule has 9 nitrogen and oxygen atoms in total. The molecule has 0 radical (unpaired) electrons. The molecule has 0 aliphatic carbocycles. The summed E-state index contributed by atoms with van der Waals surface area (Å²) in [6, 6.07) is -0.547. The number of hydrogen-bond donors (Lipinski definition) is 3. The lowest BCUT2D eigenvalue weighted by molar-refractivity contribution is -0.388. The standard InChI is InChI=1S/C12H10F2N2O7/c13-5-1-6(14)9(16(21)22)8(2-5)23-12(11(19)20)3-7(10(17)18)15-4-12/h1-2,7,15H,3-4H2,(H,17,18)(H,19,20). The maximum atomic E-state index is 13.5. The first-order chi connectivity index (χ1) is 10.7. The number of carboxylic acid groups (broad SMARTS) is 2. The first kappa shape index (κ1) is 16.5. The highest BCUT2D eigenvalue weighted by molar-refractivity contribution is 5.83. The first-order valence-electron chi connectivity index (χ1n) is 6.18. The van der Waals surface area contributed by atoms with Gasteiger partial charge in [0.05, 0.1) is 4.92 Å². The molecule has 23 heavy (non-hydrogen) atoms. The van der Waals surface area contributed by atoms with Crippen molar-refractivity contribution in [1.82, 2.24) is 5.32 Å². The third kappa shape index (κ3) is 3.04. The second-order valence-electron chi connectivity index (χ2n) is 4.87. The van der Waals surface area contributed by atoms with Gasteiger partial charge in [0.25, 0.3) is 0 Å². The van der Waals surface area contributed by atoms with E-state index in [-0.39, 0.29) is 6.07 Å². The molecule has 0 aromatic heterocycles. The van der Waals surface area contributed by atoms with Gasteiger partial charge in [-0.05, 0) is 0 Å². The van der Waals surface area contributed by atoms with Gasteiger partial charge in [-0.15, -0.1) is 0 Å². The topological polar surface area (TPSA) is 139 Å². The molecule has 2 unspecified atom stereocenters. The largest absolute Gasteiger partial charge is 0.480 e. The van der Waals surface area contributed by atoms with Crippen molar-refractivity contribution < 1.29 is 38.2 Å². The van der Waals surface area contributed by atoms with E-state index in [1.54, 1.807) is 0 Å². The summed E-state index contributed by atoms with van der Waals surface area (Å²) in [5.41, 5.74) is -3.43. The molecule has 11 heteroatoms. The number of ether oxygens (including phenoxy) is 1. The maximum Gasteiger partial charge on any atom is 0.349 e. The Hall–Kier alpha value is -2.82. The summed E-state index contributed by atoms with van der Waals surface area (Å²) in [4.78, 5) is 32.0. The van der Waals surface area contributed by atoms with Crippen LogP contribution in [0, 0.1) is 21.7 Å². The second-order valence-corrected chi connectivity index (χ2v) is 4.87.